The molecule has 278 valence electrons. The number of rotatable bonds is 16. The predicted molar refractivity (Wildman–Crippen MR) is 227 cm³/mol. The van der Waals surface area contributed by atoms with Gasteiger partial charge >= 0.3 is 0 Å². The van der Waals surface area contributed by atoms with Gasteiger partial charge in [-0.3, -0.25) is 4.79 Å². The molecule has 1 aliphatic rings. The summed E-state index contributed by atoms with van der Waals surface area (Å²) in [4.78, 5) is 13.8. The number of para-hydroxylation sites is 2. The van der Waals surface area contributed by atoms with Crippen LogP contribution in [0.3, 0.4) is 0 Å². The minimum Gasteiger partial charge on any atom is -0.369 e. The predicted octanol–water partition coefficient (Wildman–Crippen LogP) is 12.8. The molecule has 8 rings (SSSR count). The molecule has 0 bridgehead atoms. The molecule has 3 unspecified atom stereocenters. The van der Waals surface area contributed by atoms with E-state index in [9.17, 15) is 4.79 Å². The maximum Gasteiger partial charge on any atom is 0.141 e. The lowest BCUT2D eigenvalue weighted by Gasteiger charge is -2.34. The molecule has 54 heavy (non-hydrogen) atoms. The Kier molecular flexibility index (Phi) is 10.00. The van der Waals surface area contributed by atoms with Crippen molar-refractivity contribution in [2.45, 2.75) is 105 Å². The summed E-state index contributed by atoms with van der Waals surface area (Å²) in [7, 11) is 0. The van der Waals surface area contributed by atoms with Gasteiger partial charge in [-0.15, -0.1) is 0 Å². The number of carbonyl (C=O) groups is 1. The Morgan fingerprint density at radius 1 is 0.722 bits per heavy atom. The SMILES string of the molecule is CCCCc1ccc(-n2c3ccccc3c3c4c5ccccc5n(Cc5ccc(CC(C)C(C)(CC)C(=O)CC6(CCCC)CO6)cc5)c4ccc32)cc1. The highest BCUT2D eigenvalue weighted by atomic mass is 16.6. The van der Waals surface area contributed by atoms with Crippen molar-refractivity contribution in [3.8, 4) is 5.69 Å². The second-order valence-electron chi connectivity index (χ2n) is 16.4. The average Bonchev–Trinajstić information content (AvgIpc) is 3.79. The van der Waals surface area contributed by atoms with E-state index in [1.165, 1.54) is 78.8 Å². The number of Topliss-reactive ketones (excluding diaryl/α,β-unsaturated/α-hetero) is 1. The molecule has 3 atom stereocenters. The fraction of sp³-hybridized carbons (Fsp3) is 0.380. The molecule has 2 aromatic heterocycles. The van der Waals surface area contributed by atoms with Crippen LogP contribution in [-0.2, 0) is 28.9 Å². The second kappa shape index (κ2) is 14.9. The molecular formula is C50H56N2O2. The van der Waals surface area contributed by atoms with Crippen LogP contribution in [0.4, 0.5) is 0 Å². The van der Waals surface area contributed by atoms with E-state index >= 15 is 0 Å². The number of carbonyl (C=O) groups excluding carboxylic acids is 1. The maximum absolute atomic E-state index is 13.8. The van der Waals surface area contributed by atoms with E-state index in [2.05, 4.69) is 153 Å². The molecule has 0 spiro atoms. The smallest absolute Gasteiger partial charge is 0.141 e. The van der Waals surface area contributed by atoms with Crippen LogP contribution in [0.2, 0.25) is 0 Å². The summed E-state index contributed by atoms with van der Waals surface area (Å²) < 4.78 is 10.8. The van der Waals surface area contributed by atoms with Crippen molar-refractivity contribution >= 4 is 49.4 Å². The van der Waals surface area contributed by atoms with E-state index in [-0.39, 0.29) is 16.9 Å². The Hall–Kier alpha value is -4.67. The molecule has 0 radical (unpaired) electrons. The zero-order valence-corrected chi connectivity index (χ0v) is 33.0. The lowest BCUT2D eigenvalue weighted by Crippen LogP contribution is -2.38. The first-order valence-electron chi connectivity index (χ1n) is 20.6. The van der Waals surface area contributed by atoms with E-state index in [0.29, 0.717) is 12.2 Å². The number of benzene rings is 5. The van der Waals surface area contributed by atoms with Crippen LogP contribution in [0.1, 0.15) is 96.3 Å². The Morgan fingerprint density at radius 3 is 1.98 bits per heavy atom. The van der Waals surface area contributed by atoms with Gasteiger partial charge in [0.05, 0.1) is 28.8 Å². The molecule has 0 saturated carbocycles. The molecular weight excluding hydrogens is 661 g/mol. The van der Waals surface area contributed by atoms with Crippen LogP contribution in [0.15, 0.2) is 109 Å². The van der Waals surface area contributed by atoms with Gasteiger partial charge < -0.3 is 13.9 Å². The normalized spacial score (nSPS) is 17.4. The van der Waals surface area contributed by atoms with Crippen molar-refractivity contribution in [1.29, 1.82) is 0 Å². The summed E-state index contributed by atoms with van der Waals surface area (Å²) in [6, 6.07) is 40.8. The fourth-order valence-electron chi connectivity index (χ4n) is 9.03. The topological polar surface area (TPSA) is 39.5 Å². The molecule has 4 heteroatoms. The maximum atomic E-state index is 13.8. The van der Waals surface area contributed by atoms with Gasteiger partial charge in [-0.05, 0) is 91.1 Å². The Morgan fingerprint density at radius 2 is 1.31 bits per heavy atom. The van der Waals surface area contributed by atoms with Crippen molar-refractivity contribution in [3.05, 3.63) is 126 Å². The minimum absolute atomic E-state index is 0.194. The van der Waals surface area contributed by atoms with Crippen molar-refractivity contribution in [2.24, 2.45) is 11.3 Å². The average molecular weight is 717 g/mol. The summed E-state index contributed by atoms with van der Waals surface area (Å²) in [5.74, 6) is 0.607. The summed E-state index contributed by atoms with van der Waals surface area (Å²) >= 11 is 0. The Balaban J connectivity index is 1.10. The van der Waals surface area contributed by atoms with Gasteiger partial charge in [0.1, 0.15) is 5.78 Å². The standard InChI is InChI=1S/C50H56N2O2/c1-6-9-15-36-24-26-39(27-25-36)52-43-19-14-12-17-41(43)48-45(52)29-28-44-47(48)40-16-11-13-18-42(40)51(44)33-38-22-20-37(21-23-38)31-35(4)49(5,8-3)46(53)32-50(34-54-50)30-10-7-2/h11-14,16-29,35H,6-10,15,30-34H2,1-5H3. The van der Waals surface area contributed by atoms with Crippen LogP contribution in [0.5, 0.6) is 0 Å². The summed E-state index contributed by atoms with van der Waals surface area (Å²) in [6.45, 7) is 12.6. The van der Waals surface area contributed by atoms with Gasteiger partial charge in [0.25, 0.3) is 0 Å². The van der Waals surface area contributed by atoms with E-state index in [1.807, 2.05) is 0 Å². The van der Waals surface area contributed by atoms with Gasteiger partial charge in [-0.2, -0.15) is 0 Å². The number of hydrogen-bond acceptors (Lipinski definition) is 2. The Labute approximate surface area is 321 Å². The highest BCUT2D eigenvalue weighted by Gasteiger charge is 2.49. The van der Waals surface area contributed by atoms with Gasteiger partial charge in [-0.25, -0.2) is 0 Å². The number of ketones is 1. The highest BCUT2D eigenvalue weighted by Crippen LogP contribution is 2.44. The van der Waals surface area contributed by atoms with Gasteiger partial charge in [-0.1, -0.05) is 127 Å². The van der Waals surface area contributed by atoms with Crippen LogP contribution in [-0.4, -0.2) is 27.1 Å². The van der Waals surface area contributed by atoms with E-state index in [1.54, 1.807) is 0 Å². The number of epoxide rings is 1. The first kappa shape index (κ1) is 36.3. The molecule has 1 fully saturated rings. The third-order valence-corrected chi connectivity index (χ3v) is 13.0. The van der Waals surface area contributed by atoms with E-state index < -0.39 is 0 Å². The number of hydrogen-bond donors (Lipinski definition) is 0. The number of aromatic nitrogens is 2. The first-order chi connectivity index (χ1) is 26.3. The largest absolute Gasteiger partial charge is 0.369 e. The number of fused-ring (bicyclic) bond motifs is 7. The molecule has 7 aromatic rings. The molecule has 4 nitrogen and oxygen atoms in total. The van der Waals surface area contributed by atoms with Crippen LogP contribution in [0, 0.1) is 11.3 Å². The minimum atomic E-state index is -0.362. The van der Waals surface area contributed by atoms with Crippen LogP contribution >= 0.6 is 0 Å². The lowest BCUT2D eigenvalue weighted by atomic mass is 9.68. The summed E-state index contributed by atoms with van der Waals surface area (Å²) in [6.07, 6.45) is 9.10. The third kappa shape index (κ3) is 6.57. The molecule has 0 amide bonds. The molecule has 5 aromatic carbocycles. The zero-order valence-electron chi connectivity index (χ0n) is 33.0. The second-order valence-corrected chi connectivity index (χ2v) is 16.4. The number of aryl methyl sites for hydroxylation is 1. The molecule has 0 N–H and O–H groups in total. The monoisotopic (exact) mass is 716 g/mol. The molecule has 3 heterocycles. The highest BCUT2D eigenvalue weighted by molar-refractivity contribution is 6.28. The van der Waals surface area contributed by atoms with Gasteiger partial charge in [0.2, 0.25) is 0 Å². The molecule has 1 saturated heterocycles. The van der Waals surface area contributed by atoms with Crippen molar-refractivity contribution in [2.75, 3.05) is 6.61 Å². The molecule has 0 aliphatic carbocycles. The van der Waals surface area contributed by atoms with Crippen LogP contribution < -0.4 is 0 Å². The number of nitrogens with zero attached hydrogens (tertiary/aromatic N) is 2. The third-order valence-electron chi connectivity index (χ3n) is 13.0. The zero-order chi connectivity index (χ0) is 37.5. The number of ether oxygens (including phenoxy) is 1. The van der Waals surface area contributed by atoms with Crippen LogP contribution in [0.25, 0.3) is 49.3 Å². The van der Waals surface area contributed by atoms with E-state index in [0.717, 1.165) is 51.7 Å². The van der Waals surface area contributed by atoms with Crippen molar-refractivity contribution < 1.29 is 9.53 Å². The fourth-order valence-corrected chi connectivity index (χ4v) is 9.03. The summed E-state index contributed by atoms with van der Waals surface area (Å²) in [5.41, 5.74) is 9.60. The quantitative estimate of drug-likeness (QED) is 0.0934. The first-order valence-corrected chi connectivity index (χ1v) is 20.6. The van der Waals surface area contributed by atoms with E-state index in [4.69, 9.17) is 4.74 Å². The summed E-state index contributed by atoms with van der Waals surface area (Å²) in [5, 5.41) is 5.21. The van der Waals surface area contributed by atoms with Gasteiger partial charge in [0.15, 0.2) is 0 Å². The lowest BCUT2D eigenvalue weighted by molar-refractivity contribution is -0.132. The van der Waals surface area contributed by atoms with Gasteiger partial charge in [0, 0.05) is 51.1 Å². The van der Waals surface area contributed by atoms with Crippen molar-refractivity contribution in [3.63, 3.8) is 0 Å². The Bertz CT molecular complexity index is 2430. The number of unbranched alkanes of at least 4 members (excludes halogenated alkanes) is 2. The molecule has 1 aliphatic heterocycles. The van der Waals surface area contributed by atoms with Crippen molar-refractivity contribution in [1.82, 2.24) is 9.13 Å².